The first-order valence-corrected chi connectivity index (χ1v) is 8.31. The number of nitrogens with one attached hydrogen (secondary N) is 1. The minimum absolute atomic E-state index is 0.00997. The van der Waals surface area contributed by atoms with Gasteiger partial charge in [0.05, 0.1) is 23.0 Å². The van der Waals surface area contributed by atoms with E-state index in [0.717, 1.165) is 4.68 Å². The van der Waals surface area contributed by atoms with Crippen molar-refractivity contribution >= 4 is 28.4 Å². The molecule has 4 rings (SSSR count). The van der Waals surface area contributed by atoms with E-state index in [9.17, 15) is 9.59 Å². The predicted molar refractivity (Wildman–Crippen MR) is 101 cm³/mol. The van der Waals surface area contributed by atoms with Gasteiger partial charge in [-0.2, -0.15) is 14.9 Å². The average molecular weight is 381 g/mol. The molecular weight excluding hydrogens is 368 g/mol. The van der Waals surface area contributed by atoms with E-state index >= 15 is 0 Å². The second-order valence-corrected chi connectivity index (χ2v) is 6.11. The number of hydrogen-bond donors (Lipinski definition) is 2. The molecule has 4 aromatic rings. The Bertz CT molecular complexity index is 1200. The first-order valence-electron chi connectivity index (χ1n) is 7.93. The molecule has 9 heteroatoms. The summed E-state index contributed by atoms with van der Waals surface area (Å²) < 4.78 is 2.60. The first kappa shape index (κ1) is 17.0. The molecule has 0 aliphatic heterocycles. The first-order chi connectivity index (χ1) is 13.1. The normalized spacial score (nSPS) is 10.9. The van der Waals surface area contributed by atoms with Gasteiger partial charge in [0.2, 0.25) is 0 Å². The minimum atomic E-state index is -0.629. The summed E-state index contributed by atoms with van der Waals surface area (Å²) in [6.45, 7) is 0. The Balaban J connectivity index is 2.08. The molecule has 0 bridgehead atoms. The summed E-state index contributed by atoms with van der Waals surface area (Å²) in [5.41, 5.74) is 2.96. The van der Waals surface area contributed by atoms with Gasteiger partial charge in [-0.05, 0) is 36.4 Å². The average Bonchev–Trinajstić information content (AvgIpc) is 3.15. The quantitative estimate of drug-likeness (QED) is 0.320. The number of benzene rings is 2. The standard InChI is InChI=1S/C18H13ClN6O2/c19-11-6-8-13(9-7-11)25-18(27)16-14(15(23-25)17(26)22-20)10-21-24(16)12-4-2-1-3-5-12/h1-10H,20H2,(H,22,26). The number of aromatic nitrogens is 4. The van der Waals surface area contributed by atoms with Gasteiger partial charge in [0.1, 0.15) is 5.52 Å². The highest BCUT2D eigenvalue weighted by Gasteiger charge is 2.21. The number of para-hydroxylation sites is 1. The number of nitrogen functional groups attached to an aromatic ring is 1. The van der Waals surface area contributed by atoms with E-state index in [-0.39, 0.29) is 11.2 Å². The van der Waals surface area contributed by atoms with E-state index in [0.29, 0.717) is 21.8 Å². The van der Waals surface area contributed by atoms with Crippen LogP contribution in [0.2, 0.25) is 5.02 Å². The van der Waals surface area contributed by atoms with Gasteiger partial charge in [-0.15, -0.1) is 0 Å². The summed E-state index contributed by atoms with van der Waals surface area (Å²) in [6, 6.07) is 15.7. The van der Waals surface area contributed by atoms with Gasteiger partial charge >= 0.3 is 0 Å². The summed E-state index contributed by atoms with van der Waals surface area (Å²) >= 11 is 5.92. The minimum Gasteiger partial charge on any atom is -0.289 e. The van der Waals surface area contributed by atoms with Crippen LogP contribution in [0.3, 0.4) is 0 Å². The molecule has 1 amide bonds. The molecule has 27 heavy (non-hydrogen) atoms. The zero-order valence-electron chi connectivity index (χ0n) is 13.8. The van der Waals surface area contributed by atoms with E-state index < -0.39 is 11.5 Å². The van der Waals surface area contributed by atoms with Gasteiger partial charge in [0.15, 0.2) is 5.69 Å². The largest absolute Gasteiger partial charge is 0.298 e. The number of hydrogen-bond acceptors (Lipinski definition) is 5. The van der Waals surface area contributed by atoms with Gasteiger partial charge in [-0.25, -0.2) is 10.5 Å². The van der Waals surface area contributed by atoms with Crippen molar-refractivity contribution in [2.45, 2.75) is 0 Å². The van der Waals surface area contributed by atoms with Crippen LogP contribution < -0.4 is 16.8 Å². The summed E-state index contributed by atoms with van der Waals surface area (Å²) in [7, 11) is 0. The Morgan fingerprint density at radius 2 is 1.67 bits per heavy atom. The van der Waals surface area contributed by atoms with E-state index in [2.05, 4.69) is 15.6 Å². The van der Waals surface area contributed by atoms with Crippen molar-refractivity contribution < 1.29 is 4.79 Å². The van der Waals surface area contributed by atoms with E-state index in [1.165, 1.54) is 10.9 Å². The molecule has 2 heterocycles. The van der Waals surface area contributed by atoms with Crippen molar-refractivity contribution in [3.8, 4) is 11.4 Å². The maximum absolute atomic E-state index is 13.2. The second kappa shape index (κ2) is 6.67. The molecule has 0 fully saturated rings. The molecule has 134 valence electrons. The van der Waals surface area contributed by atoms with Crippen LogP contribution in [-0.2, 0) is 0 Å². The number of fused-ring (bicyclic) bond motifs is 1. The lowest BCUT2D eigenvalue weighted by atomic mass is 10.2. The molecule has 0 aliphatic rings. The second-order valence-electron chi connectivity index (χ2n) is 5.67. The number of hydrazine groups is 1. The third-order valence-electron chi connectivity index (χ3n) is 4.04. The lowest BCUT2D eigenvalue weighted by Gasteiger charge is -2.09. The van der Waals surface area contributed by atoms with Gasteiger partial charge in [-0.1, -0.05) is 29.8 Å². The van der Waals surface area contributed by atoms with Crippen LogP contribution in [0.25, 0.3) is 22.3 Å². The van der Waals surface area contributed by atoms with Crippen molar-refractivity contribution in [2.24, 2.45) is 5.84 Å². The van der Waals surface area contributed by atoms with E-state index in [1.807, 2.05) is 30.3 Å². The number of halogens is 1. The van der Waals surface area contributed by atoms with Crippen molar-refractivity contribution in [2.75, 3.05) is 0 Å². The Morgan fingerprint density at radius 3 is 2.33 bits per heavy atom. The number of amides is 1. The van der Waals surface area contributed by atoms with Crippen molar-refractivity contribution in [3.63, 3.8) is 0 Å². The fourth-order valence-electron chi connectivity index (χ4n) is 2.79. The van der Waals surface area contributed by atoms with Crippen LogP contribution in [0.15, 0.2) is 65.6 Å². The van der Waals surface area contributed by atoms with Gasteiger partial charge < -0.3 is 0 Å². The SMILES string of the molecule is NNC(=O)c1nn(-c2ccc(Cl)cc2)c(=O)c2c1cnn2-c1ccccc1. The van der Waals surface area contributed by atoms with Crippen LogP contribution in [0.5, 0.6) is 0 Å². The summed E-state index contributed by atoms with van der Waals surface area (Å²) in [4.78, 5) is 25.4. The molecule has 0 saturated carbocycles. The molecule has 0 radical (unpaired) electrons. The Morgan fingerprint density at radius 1 is 1.00 bits per heavy atom. The number of rotatable bonds is 3. The molecular formula is C18H13ClN6O2. The Labute approximate surface area is 157 Å². The molecule has 2 aromatic carbocycles. The zero-order valence-corrected chi connectivity index (χ0v) is 14.6. The van der Waals surface area contributed by atoms with E-state index in [4.69, 9.17) is 17.4 Å². The molecule has 8 nitrogen and oxygen atoms in total. The summed E-state index contributed by atoms with van der Waals surface area (Å²) in [6.07, 6.45) is 1.42. The fourth-order valence-corrected chi connectivity index (χ4v) is 2.91. The maximum Gasteiger partial charge on any atom is 0.298 e. The number of carbonyl (C=O) groups is 1. The van der Waals surface area contributed by atoms with Gasteiger partial charge in [-0.3, -0.25) is 15.0 Å². The fraction of sp³-hybridized carbons (Fsp3) is 0. The molecule has 0 spiro atoms. The van der Waals surface area contributed by atoms with Crippen LogP contribution in [0, 0.1) is 0 Å². The van der Waals surface area contributed by atoms with Gasteiger partial charge in [0, 0.05) is 5.02 Å². The Hall–Kier alpha value is -3.49. The van der Waals surface area contributed by atoms with Gasteiger partial charge in [0.25, 0.3) is 11.5 Å². The summed E-state index contributed by atoms with van der Waals surface area (Å²) in [5, 5.41) is 9.29. The molecule has 0 saturated heterocycles. The number of carbonyl (C=O) groups excluding carboxylic acids is 1. The number of nitrogens with two attached hydrogens (primary N) is 1. The lowest BCUT2D eigenvalue weighted by Crippen LogP contribution is -2.34. The van der Waals surface area contributed by atoms with Crippen LogP contribution >= 0.6 is 11.6 Å². The van der Waals surface area contributed by atoms with Crippen LogP contribution in [0.4, 0.5) is 0 Å². The number of nitrogens with zero attached hydrogens (tertiary/aromatic N) is 4. The third-order valence-corrected chi connectivity index (χ3v) is 4.29. The van der Waals surface area contributed by atoms with Crippen molar-refractivity contribution in [3.05, 3.63) is 81.9 Å². The zero-order chi connectivity index (χ0) is 19.0. The highest BCUT2D eigenvalue weighted by Crippen LogP contribution is 2.19. The highest BCUT2D eigenvalue weighted by atomic mass is 35.5. The van der Waals surface area contributed by atoms with Crippen LogP contribution in [-0.4, -0.2) is 25.5 Å². The molecule has 0 atom stereocenters. The van der Waals surface area contributed by atoms with Crippen LogP contribution in [0.1, 0.15) is 10.5 Å². The third kappa shape index (κ3) is 2.86. The topological polar surface area (TPSA) is 108 Å². The smallest absolute Gasteiger partial charge is 0.289 e. The summed E-state index contributed by atoms with van der Waals surface area (Å²) in [5.74, 6) is 4.66. The molecule has 0 aliphatic carbocycles. The lowest BCUT2D eigenvalue weighted by molar-refractivity contribution is 0.0949. The Kier molecular flexibility index (Phi) is 4.19. The van der Waals surface area contributed by atoms with Crippen molar-refractivity contribution in [1.29, 1.82) is 0 Å². The van der Waals surface area contributed by atoms with Crippen molar-refractivity contribution in [1.82, 2.24) is 25.0 Å². The maximum atomic E-state index is 13.2. The van der Waals surface area contributed by atoms with E-state index in [1.54, 1.807) is 24.3 Å². The molecule has 3 N–H and O–H groups in total. The monoisotopic (exact) mass is 380 g/mol. The highest BCUT2D eigenvalue weighted by molar-refractivity contribution is 6.30. The molecule has 0 unspecified atom stereocenters. The predicted octanol–water partition coefficient (Wildman–Crippen LogP) is 1.83. The molecule has 2 aromatic heterocycles.